The average molecular weight is 312 g/mol. The molecular formula is C17H20N4O2. The molecule has 4 atom stereocenters. The molecule has 1 fully saturated rings. The first-order valence-electron chi connectivity index (χ1n) is 7.39. The lowest BCUT2D eigenvalue weighted by Gasteiger charge is -2.35. The van der Waals surface area contributed by atoms with Gasteiger partial charge in [0.05, 0.1) is 36.5 Å². The molecule has 0 heterocycles. The number of ether oxygens (including phenoxy) is 1. The Morgan fingerprint density at radius 3 is 2.17 bits per heavy atom. The quantitative estimate of drug-likeness (QED) is 0.617. The highest BCUT2D eigenvalue weighted by Crippen LogP contribution is 2.59. The second-order valence-electron chi connectivity index (χ2n) is 6.12. The molecule has 1 aliphatic rings. The van der Waals surface area contributed by atoms with E-state index in [9.17, 15) is 20.6 Å². The number of nitrogens with zero attached hydrogens (tertiary/aromatic N) is 3. The normalized spacial score (nSPS) is 30.4. The van der Waals surface area contributed by atoms with E-state index in [0.29, 0.717) is 6.29 Å². The van der Waals surface area contributed by atoms with Crippen LogP contribution in [0.4, 0.5) is 0 Å². The van der Waals surface area contributed by atoms with E-state index < -0.39 is 28.6 Å². The van der Waals surface area contributed by atoms with Gasteiger partial charge in [-0.3, -0.25) is 0 Å². The second-order valence-corrected chi connectivity index (χ2v) is 6.12. The molecular weight excluding hydrogens is 292 g/mol. The Morgan fingerprint density at radius 1 is 1.22 bits per heavy atom. The molecule has 0 saturated heterocycles. The molecule has 0 aliphatic heterocycles. The zero-order chi connectivity index (χ0) is 17.8. The lowest BCUT2D eigenvalue weighted by molar-refractivity contribution is -0.110. The number of hydrogen-bond acceptors (Lipinski definition) is 6. The Labute approximate surface area is 136 Å². The zero-order valence-corrected chi connectivity index (χ0v) is 13.7. The van der Waals surface area contributed by atoms with Crippen molar-refractivity contribution in [3.63, 3.8) is 0 Å². The highest BCUT2D eigenvalue weighted by Gasteiger charge is 2.70. The SMILES string of the molecule is CC(C)O/C=C/[C@H](C)[C@@]1(C#N)C(=N)[C@H](C=O)[C@@H](C)C1(C#N)C#N. The topological polar surface area (TPSA) is 122 Å². The van der Waals surface area contributed by atoms with Gasteiger partial charge in [-0.1, -0.05) is 13.8 Å². The van der Waals surface area contributed by atoms with Crippen LogP contribution in [0.1, 0.15) is 27.7 Å². The van der Waals surface area contributed by atoms with Crippen LogP contribution in [0.15, 0.2) is 12.3 Å². The molecule has 1 saturated carbocycles. The van der Waals surface area contributed by atoms with E-state index in [1.165, 1.54) is 6.26 Å². The molecule has 0 aromatic heterocycles. The van der Waals surface area contributed by atoms with Gasteiger partial charge in [-0.2, -0.15) is 15.8 Å². The van der Waals surface area contributed by atoms with Gasteiger partial charge < -0.3 is 14.9 Å². The van der Waals surface area contributed by atoms with Crippen LogP contribution in [0.3, 0.4) is 0 Å². The van der Waals surface area contributed by atoms with Gasteiger partial charge in [0.15, 0.2) is 5.41 Å². The highest BCUT2D eigenvalue weighted by molar-refractivity contribution is 6.05. The third-order valence-corrected chi connectivity index (χ3v) is 4.68. The third kappa shape index (κ3) is 2.39. The molecule has 0 bridgehead atoms. The Hall–Kier alpha value is -2.65. The van der Waals surface area contributed by atoms with E-state index >= 15 is 0 Å². The number of nitrogens with one attached hydrogen (secondary N) is 1. The molecule has 0 unspecified atom stereocenters. The molecule has 6 heteroatoms. The van der Waals surface area contributed by atoms with Gasteiger partial charge in [-0.25, -0.2) is 0 Å². The van der Waals surface area contributed by atoms with Gasteiger partial charge in [-0.15, -0.1) is 0 Å². The summed E-state index contributed by atoms with van der Waals surface area (Å²) in [7, 11) is 0. The minimum absolute atomic E-state index is 0.0575. The minimum atomic E-state index is -1.76. The highest BCUT2D eigenvalue weighted by atomic mass is 16.5. The first-order chi connectivity index (χ1) is 10.8. The van der Waals surface area contributed by atoms with Gasteiger partial charge in [0.25, 0.3) is 0 Å². The number of carbonyl (C=O) groups excluding carboxylic acids is 1. The Morgan fingerprint density at radius 2 is 1.78 bits per heavy atom. The van der Waals surface area contributed by atoms with E-state index in [4.69, 9.17) is 10.1 Å². The van der Waals surface area contributed by atoms with Crippen molar-refractivity contribution in [2.24, 2.45) is 28.6 Å². The molecule has 0 aromatic carbocycles. The van der Waals surface area contributed by atoms with Gasteiger partial charge in [0.2, 0.25) is 0 Å². The third-order valence-electron chi connectivity index (χ3n) is 4.68. The van der Waals surface area contributed by atoms with Crippen molar-refractivity contribution in [1.82, 2.24) is 0 Å². The van der Waals surface area contributed by atoms with Gasteiger partial charge in [-0.05, 0) is 19.9 Å². The second kappa shape index (κ2) is 6.63. The molecule has 0 amide bonds. The van der Waals surface area contributed by atoms with Crippen LogP contribution in [0.5, 0.6) is 0 Å². The maximum Gasteiger partial charge on any atom is 0.171 e. The smallest absolute Gasteiger partial charge is 0.171 e. The molecule has 23 heavy (non-hydrogen) atoms. The Bertz CT molecular complexity index is 633. The monoisotopic (exact) mass is 312 g/mol. The van der Waals surface area contributed by atoms with Crippen molar-refractivity contribution >= 4 is 12.0 Å². The fourth-order valence-corrected chi connectivity index (χ4v) is 3.26. The summed E-state index contributed by atoms with van der Waals surface area (Å²) < 4.78 is 5.32. The standard InChI is InChI=1S/C17H20N4O2/c1-11(2)23-6-5-12(3)17(10-20)15(21)14(7-22)13(4)16(17,8-18)9-19/h5-7,11-14,21H,1-4H3/b6-5+,21-15?/t12-,13+,14+,17-/m0/s1. The molecule has 120 valence electrons. The molecule has 0 aromatic rings. The fraction of sp³-hybridized carbons (Fsp3) is 0.588. The summed E-state index contributed by atoms with van der Waals surface area (Å²) in [5.74, 6) is -2.29. The van der Waals surface area contributed by atoms with Gasteiger partial charge in [0.1, 0.15) is 11.7 Å². The van der Waals surface area contributed by atoms with E-state index in [1.807, 2.05) is 32.1 Å². The summed E-state index contributed by atoms with van der Waals surface area (Å²) >= 11 is 0. The number of nitriles is 3. The lowest BCUT2D eigenvalue weighted by atomic mass is 9.59. The predicted octanol–water partition coefficient (Wildman–Crippen LogP) is 2.59. The summed E-state index contributed by atoms with van der Waals surface area (Å²) in [6, 6.07) is 5.89. The van der Waals surface area contributed by atoms with E-state index in [2.05, 4.69) is 0 Å². The lowest BCUT2D eigenvalue weighted by Crippen LogP contribution is -2.45. The maximum atomic E-state index is 11.4. The maximum absolute atomic E-state index is 11.4. The fourth-order valence-electron chi connectivity index (χ4n) is 3.26. The molecule has 1 N–H and O–H groups in total. The Balaban J connectivity index is 3.51. The molecule has 6 nitrogen and oxygen atoms in total. The van der Waals surface area contributed by atoms with E-state index in [1.54, 1.807) is 19.9 Å². The van der Waals surface area contributed by atoms with Crippen molar-refractivity contribution in [3.05, 3.63) is 12.3 Å². The van der Waals surface area contributed by atoms with Crippen molar-refractivity contribution in [1.29, 1.82) is 21.2 Å². The van der Waals surface area contributed by atoms with Crippen LogP contribution in [0.25, 0.3) is 0 Å². The van der Waals surface area contributed by atoms with Crippen LogP contribution in [-0.2, 0) is 9.53 Å². The number of allylic oxidation sites excluding steroid dienone is 1. The summed E-state index contributed by atoms with van der Waals surface area (Å²) in [6.45, 7) is 6.90. The Kier molecular flexibility index (Phi) is 5.30. The molecule has 1 aliphatic carbocycles. The van der Waals surface area contributed by atoms with Crippen molar-refractivity contribution in [2.75, 3.05) is 0 Å². The summed E-state index contributed by atoms with van der Waals surface area (Å²) in [4.78, 5) is 11.4. The van der Waals surface area contributed by atoms with Gasteiger partial charge >= 0.3 is 0 Å². The summed E-state index contributed by atoms with van der Waals surface area (Å²) in [6.07, 6.45) is 3.48. The average Bonchev–Trinajstić information content (AvgIpc) is 2.70. The molecule has 0 spiro atoms. The first kappa shape index (κ1) is 18.4. The van der Waals surface area contributed by atoms with Crippen molar-refractivity contribution < 1.29 is 9.53 Å². The summed E-state index contributed by atoms with van der Waals surface area (Å²) in [5.41, 5.74) is -3.61. The minimum Gasteiger partial charge on any atom is -0.499 e. The van der Waals surface area contributed by atoms with E-state index in [-0.39, 0.29) is 11.8 Å². The van der Waals surface area contributed by atoms with Crippen LogP contribution in [0.2, 0.25) is 0 Å². The van der Waals surface area contributed by atoms with Gasteiger partial charge in [0, 0.05) is 17.5 Å². The zero-order valence-electron chi connectivity index (χ0n) is 13.7. The number of hydrogen-bond donors (Lipinski definition) is 1. The number of rotatable bonds is 5. The van der Waals surface area contributed by atoms with Crippen LogP contribution in [-0.4, -0.2) is 18.1 Å². The molecule has 0 radical (unpaired) electrons. The van der Waals surface area contributed by atoms with Crippen molar-refractivity contribution in [3.8, 4) is 18.2 Å². The largest absolute Gasteiger partial charge is 0.499 e. The van der Waals surface area contributed by atoms with Crippen molar-refractivity contribution in [2.45, 2.75) is 33.8 Å². The number of carbonyl (C=O) groups is 1. The van der Waals surface area contributed by atoms with Crippen LogP contribution >= 0.6 is 0 Å². The molecule has 1 rings (SSSR count). The van der Waals surface area contributed by atoms with E-state index in [0.717, 1.165) is 0 Å². The summed E-state index contributed by atoms with van der Waals surface area (Å²) in [5, 5.41) is 37.4. The first-order valence-corrected chi connectivity index (χ1v) is 7.39. The van der Waals surface area contributed by atoms with Crippen LogP contribution in [0, 0.1) is 68.0 Å². The predicted molar refractivity (Wildman–Crippen MR) is 82.7 cm³/mol. The van der Waals surface area contributed by atoms with Crippen LogP contribution < -0.4 is 0 Å². The number of aldehydes is 1.